The van der Waals surface area contributed by atoms with Gasteiger partial charge in [0.2, 0.25) is 5.95 Å². The molecule has 1 aromatic heterocycles. The topological polar surface area (TPSA) is 56.8 Å². The number of aromatic nitrogens is 3. The van der Waals surface area contributed by atoms with Gasteiger partial charge in [-0.2, -0.15) is 4.98 Å². The summed E-state index contributed by atoms with van der Waals surface area (Å²) in [6.45, 7) is 14.4. The SMILES string of the molecule is C[C@H]1CN(c2n[nH]c(C3C(C)(C)C3(C)C)n2)CCN1. The molecule has 106 valence electrons. The van der Waals surface area contributed by atoms with E-state index in [0.717, 1.165) is 31.4 Å². The molecule has 5 heteroatoms. The van der Waals surface area contributed by atoms with Crippen molar-refractivity contribution in [2.75, 3.05) is 24.5 Å². The predicted molar refractivity (Wildman–Crippen MR) is 76.4 cm³/mol. The van der Waals surface area contributed by atoms with E-state index in [4.69, 9.17) is 4.98 Å². The molecule has 5 nitrogen and oxygen atoms in total. The lowest BCUT2D eigenvalue weighted by Gasteiger charge is -2.30. The minimum absolute atomic E-state index is 0.306. The highest BCUT2D eigenvalue weighted by Crippen LogP contribution is 2.72. The number of hydrogen-bond donors (Lipinski definition) is 2. The quantitative estimate of drug-likeness (QED) is 0.853. The van der Waals surface area contributed by atoms with Gasteiger partial charge in [0, 0.05) is 31.6 Å². The first kappa shape index (κ1) is 12.9. The van der Waals surface area contributed by atoms with Crippen molar-refractivity contribution < 1.29 is 0 Å². The third-order valence-corrected chi connectivity index (χ3v) is 5.44. The van der Waals surface area contributed by atoms with Gasteiger partial charge in [-0.25, -0.2) is 0 Å². The molecule has 1 aromatic rings. The van der Waals surface area contributed by atoms with Crippen LogP contribution in [0.2, 0.25) is 0 Å². The van der Waals surface area contributed by atoms with Crippen molar-refractivity contribution in [3.05, 3.63) is 5.82 Å². The number of aromatic amines is 1. The molecule has 2 aliphatic rings. The summed E-state index contributed by atoms with van der Waals surface area (Å²) in [7, 11) is 0. The number of anilines is 1. The fraction of sp³-hybridized carbons (Fsp3) is 0.857. The molecule has 2 heterocycles. The highest BCUT2D eigenvalue weighted by molar-refractivity contribution is 5.34. The Labute approximate surface area is 115 Å². The van der Waals surface area contributed by atoms with E-state index < -0.39 is 0 Å². The minimum atomic E-state index is 0.306. The van der Waals surface area contributed by atoms with Crippen LogP contribution in [0.4, 0.5) is 5.95 Å². The van der Waals surface area contributed by atoms with Crippen LogP contribution < -0.4 is 10.2 Å². The molecular weight excluding hydrogens is 238 g/mol. The summed E-state index contributed by atoms with van der Waals surface area (Å²) in [4.78, 5) is 7.02. The third-order valence-electron chi connectivity index (χ3n) is 5.44. The molecule has 0 bridgehead atoms. The molecule has 0 aromatic carbocycles. The van der Waals surface area contributed by atoms with Gasteiger partial charge in [0.15, 0.2) is 0 Å². The predicted octanol–water partition coefficient (Wildman–Crippen LogP) is 1.75. The average Bonchev–Trinajstić information content (AvgIpc) is 2.70. The van der Waals surface area contributed by atoms with Crippen LogP contribution in [0.1, 0.15) is 46.4 Å². The van der Waals surface area contributed by atoms with Gasteiger partial charge < -0.3 is 10.2 Å². The minimum Gasteiger partial charge on any atom is -0.337 e. The molecule has 0 unspecified atom stereocenters. The summed E-state index contributed by atoms with van der Waals surface area (Å²) in [5.74, 6) is 2.40. The molecule has 2 fully saturated rings. The Kier molecular flexibility index (Phi) is 2.68. The Morgan fingerprint density at radius 1 is 1.21 bits per heavy atom. The largest absolute Gasteiger partial charge is 0.337 e. The normalized spacial score (nSPS) is 29.5. The van der Waals surface area contributed by atoms with Gasteiger partial charge in [0.25, 0.3) is 0 Å². The van der Waals surface area contributed by atoms with E-state index in [0.29, 0.717) is 22.8 Å². The van der Waals surface area contributed by atoms with Crippen molar-refractivity contribution in [1.29, 1.82) is 0 Å². The molecule has 2 N–H and O–H groups in total. The maximum Gasteiger partial charge on any atom is 0.244 e. The summed E-state index contributed by atoms with van der Waals surface area (Å²) in [6, 6.07) is 0.504. The smallest absolute Gasteiger partial charge is 0.244 e. The van der Waals surface area contributed by atoms with E-state index in [9.17, 15) is 0 Å². The van der Waals surface area contributed by atoms with Crippen LogP contribution in [0, 0.1) is 10.8 Å². The number of piperazine rings is 1. The van der Waals surface area contributed by atoms with Gasteiger partial charge in [0.1, 0.15) is 5.82 Å². The Morgan fingerprint density at radius 2 is 1.89 bits per heavy atom. The standard InChI is InChI=1S/C14H25N5/c1-9-8-19(7-6-15-9)12-16-11(17-18-12)10-13(2,3)14(10,4)5/h9-10,15H,6-8H2,1-5H3,(H,16,17,18)/t9-/m0/s1. The van der Waals surface area contributed by atoms with Crippen LogP contribution in [0.15, 0.2) is 0 Å². The first-order chi connectivity index (χ1) is 8.84. The van der Waals surface area contributed by atoms with Crippen LogP contribution in [0.5, 0.6) is 0 Å². The number of H-pyrrole nitrogens is 1. The molecule has 1 saturated carbocycles. The van der Waals surface area contributed by atoms with Crippen LogP contribution >= 0.6 is 0 Å². The highest BCUT2D eigenvalue weighted by atomic mass is 15.4. The molecule has 1 aliphatic carbocycles. The second-order valence-corrected chi connectivity index (χ2v) is 7.20. The van der Waals surface area contributed by atoms with Crippen molar-refractivity contribution in [3.63, 3.8) is 0 Å². The summed E-state index contributed by atoms with van der Waals surface area (Å²) < 4.78 is 0. The van der Waals surface area contributed by atoms with Crippen LogP contribution in [0.25, 0.3) is 0 Å². The first-order valence-electron chi connectivity index (χ1n) is 7.24. The second-order valence-electron chi connectivity index (χ2n) is 7.20. The fourth-order valence-corrected chi connectivity index (χ4v) is 3.53. The van der Waals surface area contributed by atoms with E-state index in [-0.39, 0.29) is 0 Å². The number of nitrogens with zero attached hydrogens (tertiary/aromatic N) is 3. The Bertz CT molecular complexity index is 462. The van der Waals surface area contributed by atoms with Gasteiger partial charge in [0.05, 0.1) is 0 Å². The highest BCUT2D eigenvalue weighted by Gasteiger charge is 2.66. The Hall–Kier alpha value is -1.10. The van der Waals surface area contributed by atoms with Gasteiger partial charge in [-0.05, 0) is 17.8 Å². The second kappa shape index (κ2) is 3.95. The fourth-order valence-electron chi connectivity index (χ4n) is 3.53. The zero-order valence-electron chi connectivity index (χ0n) is 12.6. The molecule has 1 atom stereocenters. The molecule has 0 spiro atoms. The first-order valence-corrected chi connectivity index (χ1v) is 7.24. The summed E-state index contributed by atoms with van der Waals surface area (Å²) in [6.07, 6.45) is 0. The number of nitrogens with one attached hydrogen (secondary N) is 2. The van der Waals surface area contributed by atoms with E-state index in [1.54, 1.807) is 0 Å². The van der Waals surface area contributed by atoms with Crippen molar-refractivity contribution in [1.82, 2.24) is 20.5 Å². The lowest BCUT2D eigenvalue weighted by atomic mass is 10.0. The van der Waals surface area contributed by atoms with Gasteiger partial charge in [-0.1, -0.05) is 27.7 Å². The molecule has 19 heavy (non-hydrogen) atoms. The number of rotatable bonds is 2. The summed E-state index contributed by atoms with van der Waals surface area (Å²) in [5.41, 5.74) is 0.612. The molecule has 1 saturated heterocycles. The maximum absolute atomic E-state index is 4.75. The van der Waals surface area contributed by atoms with Gasteiger partial charge in [-0.15, -0.1) is 5.10 Å². The zero-order valence-corrected chi connectivity index (χ0v) is 12.6. The van der Waals surface area contributed by atoms with Crippen LogP contribution in [-0.2, 0) is 0 Å². The molecule has 1 aliphatic heterocycles. The number of hydrogen-bond acceptors (Lipinski definition) is 4. The molecule has 0 radical (unpaired) electrons. The van der Waals surface area contributed by atoms with Gasteiger partial charge in [-0.3, -0.25) is 5.10 Å². The van der Waals surface area contributed by atoms with E-state index in [2.05, 4.69) is 55.0 Å². The van der Waals surface area contributed by atoms with Crippen molar-refractivity contribution >= 4 is 5.95 Å². The molecular formula is C14H25N5. The lowest BCUT2D eigenvalue weighted by molar-refractivity contribution is 0.457. The summed E-state index contributed by atoms with van der Waals surface area (Å²) in [5, 5.41) is 11.0. The lowest BCUT2D eigenvalue weighted by Crippen LogP contribution is -2.49. The van der Waals surface area contributed by atoms with E-state index in [1.807, 2.05) is 0 Å². The van der Waals surface area contributed by atoms with E-state index >= 15 is 0 Å². The maximum atomic E-state index is 4.75. The van der Waals surface area contributed by atoms with Crippen molar-refractivity contribution in [2.45, 2.75) is 46.6 Å². The average molecular weight is 263 g/mol. The zero-order chi connectivity index (χ0) is 13.8. The third kappa shape index (κ3) is 1.86. The van der Waals surface area contributed by atoms with Crippen LogP contribution in [0.3, 0.4) is 0 Å². The monoisotopic (exact) mass is 263 g/mol. The molecule has 3 rings (SSSR count). The van der Waals surface area contributed by atoms with Gasteiger partial charge >= 0.3 is 0 Å². The Balaban J connectivity index is 1.78. The van der Waals surface area contributed by atoms with Crippen LogP contribution in [-0.4, -0.2) is 40.9 Å². The Morgan fingerprint density at radius 3 is 2.47 bits per heavy atom. The van der Waals surface area contributed by atoms with Crippen molar-refractivity contribution in [2.24, 2.45) is 10.8 Å². The van der Waals surface area contributed by atoms with Crippen molar-refractivity contribution in [3.8, 4) is 0 Å². The van der Waals surface area contributed by atoms with E-state index in [1.165, 1.54) is 0 Å². The summed E-state index contributed by atoms with van der Waals surface area (Å²) >= 11 is 0. The molecule has 0 amide bonds.